The molecule has 0 amide bonds. The smallest absolute Gasteiger partial charge is 0.330 e. The van der Waals surface area contributed by atoms with E-state index in [1.165, 1.54) is 0 Å². The maximum atomic E-state index is 12.9. The van der Waals surface area contributed by atoms with Crippen LogP contribution in [0.25, 0.3) is 11.2 Å². The summed E-state index contributed by atoms with van der Waals surface area (Å²) in [6.07, 6.45) is 5.70. The van der Waals surface area contributed by atoms with E-state index in [1.54, 1.807) is 6.20 Å². The average Bonchev–Trinajstić information content (AvgIpc) is 2.99. The van der Waals surface area contributed by atoms with E-state index in [0.29, 0.717) is 12.5 Å². The second-order valence-corrected chi connectivity index (χ2v) is 8.90. The van der Waals surface area contributed by atoms with Crippen molar-refractivity contribution >= 4 is 17.0 Å². The molecule has 0 bridgehead atoms. The van der Waals surface area contributed by atoms with Crippen molar-refractivity contribution in [1.29, 1.82) is 0 Å². The van der Waals surface area contributed by atoms with Gasteiger partial charge in [0.25, 0.3) is 0 Å². The fraction of sp³-hybridized carbons (Fsp3) is 0.545. The number of imidazole rings is 1. The second kappa shape index (κ2) is 7.61. The van der Waals surface area contributed by atoms with Crippen molar-refractivity contribution in [2.24, 2.45) is 5.92 Å². The van der Waals surface area contributed by atoms with Crippen LogP contribution in [0.1, 0.15) is 46.4 Å². The topological polar surface area (TPSA) is 68.8 Å². The number of nitrogens with zero attached hydrogens (tertiary/aromatic N) is 6. The first kappa shape index (κ1) is 19.6. The molecule has 154 valence electrons. The number of rotatable bonds is 4. The lowest BCUT2D eigenvalue weighted by Gasteiger charge is -2.33. The molecule has 7 heteroatoms. The largest absolute Gasteiger partial charge is 0.356 e. The zero-order chi connectivity index (χ0) is 20.6. The third-order valence-corrected chi connectivity index (χ3v) is 5.78. The highest BCUT2D eigenvalue weighted by molar-refractivity contribution is 5.71. The van der Waals surface area contributed by atoms with Crippen molar-refractivity contribution in [2.75, 3.05) is 18.0 Å². The van der Waals surface area contributed by atoms with E-state index in [0.717, 1.165) is 55.3 Å². The lowest BCUT2D eigenvalue weighted by Crippen LogP contribution is -2.37. The van der Waals surface area contributed by atoms with Crippen LogP contribution < -0.4 is 10.6 Å². The minimum absolute atomic E-state index is 0.0502. The van der Waals surface area contributed by atoms with Crippen molar-refractivity contribution in [1.82, 2.24) is 24.1 Å². The van der Waals surface area contributed by atoms with Gasteiger partial charge in [0.1, 0.15) is 11.6 Å². The Balaban J connectivity index is 1.49. The molecule has 0 spiro atoms. The van der Waals surface area contributed by atoms with Gasteiger partial charge in [-0.15, -0.1) is 0 Å². The minimum atomic E-state index is -0.0595. The summed E-state index contributed by atoms with van der Waals surface area (Å²) in [4.78, 5) is 28.9. The van der Waals surface area contributed by atoms with Gasteiger partial charge in [-0.25, -0.2) is 19.7 Å². The van der Waals surface area contributed by atoms with E-state index in [1.807, 2.05) is 40.5 Å². The quantitative estimate of drug-likeness (QED) is 0.680. The average molecular weight is 395 g/mol. The maximum Gasteiger partial charge on any atom is 0.330 e. The lowest BCUT2D eigenvalue weighted by atomic mass is 9.95. The Hall–Kier alpha value is -2.70. The number of hydrogen-bond acceptors (Lipinski definition) is 5. The summed E-state index contributed by atoms with van der Waals surface area (Å²) < 4.78 is 3.67. The molecule has 4 rings (SSSR count). The SMILES string of the molecule is CCn1c(=O)n(CC2CCN(c3ccnc(C(C)(C)C)n3)CC2)c2ncccc21. The van der Waals surface area contributed by atoms with Gasteiger partial charge in [0.05, 0.1) is 5.52 Å². The van der Waals surface area contributed by atoms with Crippen LogP contribution in [0.2, 0.25) is 0 Å². The molecule has 0 atom stereocenters. The Bertz CT molecular complexity index is 1050. The molecule has 29 heavy (non-hydrogen) atoms. The maximum absolute atomic E-state index is 12.9. The zero-order valence-electron chi connectivity index (χ0n) is 17.8. The number of pyridine rings is 1. The van der Waals surface area contributed by atoms with E-state index < -0.39 is 0 Å². The molecule has 3 aromatic rings. The Morgan fingerprint density at radius 1 is 1.07 bits per heavy atom. The van der Waals surface area contributed by atoms with Crippen LogP contribution in [0.5, 0.6) is 0 Å². The molecule has 1 aliphatic heterocycles. The summed E-state index contributed by atoms with van der Waals surface area (Å²) in [7, 11) is 0. The van der Waals surface area contributed by atoms with E-state index in [4.69, 9.17) is 4.98 Å². The molecule has 1 aliphatic rings. The second-order valence-electron chi connectivity index (χ2n) is 8.90. The summed E-state index contributed by atoms with van der Waals surface area (Å²) in [5.41, 5.74) is 1.71. The predicted octanol–water partition coefficient (Wildman–Crippen LogP) is 3.22. The van der Waals surface area contributed by atoms with Gasteiger partial charge in [0.2, 0.25) is 0 Å². The van der Waals surface area contributed by atoms with Gasteiger partial charge in [-0.1, -0.05) is 20.8 Å². The van der Waals surface area contributed by atoms with E-state index in [-0.39, 0.29) is 11.1 Å². The first-order valence-corrected chi connectivity index (χ1v) is 10.5. The van der Waals surface area contributed by atoms with Crippen molar-refractivity contribution < 1.29 is 0 Å². The number of aryl methyl sites for hydroxylation is 1. The number of piperidine rings is 1. The molecule has 1 fully saturated rings. The molecule has 1 saturated heterocycles. The molecule has 7 nitrogen and oxygen atoms in total. The highest BCUT2D eigenvalue weighted by Crippen LogP contribution is 2.26. The number of fused-ring (bicyclic) bond motifs is 1. The van der Waals surface area contributed by atoms with Crippen LogP contribution in [0.3, 0.4) is 0 Å². The van der Waals surface area contributed by atoms with Crippen molar-refractivity contribution in [3.63, 3.8) is 0 Å². The van der Waals surface area contributed by atoms with E-state index >= 15 is 0 Å². The molecule has 0 unspecified atom stereocenters. The standard InChI is InChI=1S/C22H30N6O/c1-5-27-17-7-6-11-23-19(17)28(21(27)29)15-16-9-13-26(14-10-16)18-8-12-24-20(25-18)22(2,3)4/h6-8,11-12,16H,5,9-10,13-15H2,1-4H3. The highest BCUT2D eigenvalue weighted by atomic mass is 16.1. The van der Waals surface area contributed by atoms with Crippen LogP contribution in [-0.2, 0) is 18.5 Å². The summed E-state index contributed by atoms with van der Waals surface area (Å²) in [6, 6.07) is 5.87. The van der Waals surface area contributed by atoms with Gasteiger partial charge < -0.3 is 4.90 Å². The van der Waals surface area contributed by atoms with Crippen molar-refractivity contribution in [3.05, 3.63) is 46.9 Å². The number of aromatic nitrogens is 5. The minimum Gasteiger partial charge on any atom is -0.356 e. The van der Waals surface area contributed by atoms with Crippen LogP contribution in [0.15, 0.2) is 35.4 Å². The first-order valence-electron chi connectivity index (χ1n) is 10.5. The van der Waals surface area contributed by atoms with E-state index in [9.17, 15) is 4.79 Å². The van der Waals surface area contributed by atoms with Gasteiger partial charge in [-0.05, 0) is 43.9 Å². The van der Waals surface area contributed by atoms with Crippen LogP contribution in [0.4, 0.5) is 5.82 Å². The Labute approximate surface area is 171 Å². The fourth-order valence-corrected chi connectivity index (χ4v) is 4.11. The first-order chi connectivity index (χ1) is 13.9. The molecule has 3 aromatic heterocycles. The molecule has 0 radical (unpaired) electrons. The Kier molecular flexibility index (Phi) is 5.15. The monoisotopic (exact) mass is 394 g/mol. The fourth-order valence-electron chi connectivity index (χ4n) is 4.11. The van der Waals surface area contributed by atoms with Gasteiger partial charge in [-0.3, -0.25) is 9.13 Å². The summed E-state index contributed by atoms with van der Waals surface area (Å²) in [5, 5.41) is 0. The third kappa shape index (κ3) is 3.78. The molecule has 4 heterocycles. The molecule has 0 N–H and O–H groups in total. The third-order valence-electron chi connectivity index (χ3n) is 5.78. The molecular formula is C22H30N6O. The number of anilines is 1. The summed E-state index contributed by atoms with van der Waals surface area (Å²) in [6.45, 7) is 11.7. The van der Waals surface area contributed by atoms with Gasteiger partial charge in [0, 0.05) is 44.0 Å². The zero-order valence-corrected chi connectivity index (χ0v) is 17.8. The summed E-state index contributed by atoms with van der Waals surface area (Å²) >= 11 is 0. The van der Waals surface area contributed by atoms with Crippen LogP contribution in [0, 0.1) is 5.92 Å². The molecular weight excluding hydrogens is 364 g/mol. The Morgan fingerprint density at radius 3 is 2.52 bits per heavy atom. The van der Waals surface area contributed by atoms with Crippen molar-refractivity contribution in [2.45, 2.75) is 59.0 Å². The lowest BCUT2D eigenvalue weighted by molar-refractivity contribution is 0.353. The molecule has 0 saturated carbocycles. The van der Waals surface area contributed by atoms with Crippen molar-refractivity contribution in [3.8, 4) is 0 Å². The summed E-state index contributed by atoms with van der Waals surface area (Å²) in [5.74, 6) is 2.35. The van der Waals surface area contributed by atoms with E-state index in [2.05, 4.69) is 35.6 Å². The predicted molar refractivity (Wildman–Crippen MR) is 115 cm³/mol. The van der Waals surface area contributed by atoms with Gasteiger partial charge >= 0.3 is 5.69 Å². The van der Waals surface area contributed by atoms with Gasteiger partial charge in [0.15, 0.2) is 5.65 Å². The highest BCUT2D eigenvalue weighted by Gasteiger charge is 2.24. The molecule has 0 aliphatic carbocycles. The van der Waals surface area contributed by atoms with Crippen LogP contribution in [-0.4, -0.2) is 37.2 Å². The Morgan fingerprint density at radius 2 is 1.83 bits per heavy atom. The van der Waals surface area contributed by atoms with Gasteiger partial charge in [-0.2, -0.15) is 0 Å². The molecule has 0 aromatic carbocycles. The number of hydrogen-bond donors (Lipinski definition) is 0. The van der Waals surface area contributed by atoms with Crippen LogP contribution >= 0.6 is 0 Å². The normalized spacial score (nSPS) is 15.9.